The number of nitrogens with one attached hydrogen (secondary N) is 1. The van der Waals surface area contributed by atoms with Crippen molar-refractivity contribution in [2.24, 2.45) is 22.5 Å². The molecule has 0 unspecified atom stereocenters. The van der Waals surface area contributed by atoms with Gasteiger partial charge in [0.2, 0.25) is 5.91 Å². The standard InChI is InChI=1S/C14H28N2O/c1-5-13(6-2,9-15)12(17)16-10-14(7-8-14)11(3)4/h11H,5-10,15H2,1-4H3,(H,16,17). The third kappa shape index (κ3) is 2.82. The van der Waals surface area contributed by atoms with Crippen molar-refractivity contribution in [2.45, 2.75) is 53.4 Å². The minimum absolute atomic E-state index is 0.150. The zero-order valence-electron chi connectivity index (χ0n) is 11.8. The molecule has 0 aromatic rings. The Balaban J connectivity index is 2.54. The highest BCUT2D eigenvalue weighted by molar-refractivity contribution is 5.82. The van der Waals surface area contributed by atoms with Crippen molar-refractivity contribution in [2.75, 3.05) is 13.1 Å². The molecule has 1 saturated carbocycles. The molecule has 3 nitrogen and oxygen atoms in total. The molecule has 1 amide bonds. The number of carbonyl (C=O) groups is 1. The fourth-order valence-electron chi connectivity index (χ4n) is 2.52. The smallest absolute Gasteiger partial charge is 0.227 e. The molecule has 0 radical (unpaired) electrons. The van der Waals surface area contributed by atoms with E-state index in [1.165, 1.54) is 12.8 Å². The van der Waals surface area contributed by atoms with Crippen LogP contribution in [0.4, 0.5) is 0 Å². The van der Waals surface area contributed by atoms with E-state index in [0.717, 1.165) is 19.4 Å². The maximum Gasteiger partial charge on any atom is 0.227 e. The van der Waals surface area contributed by atoms with Gasteiger partial charge in [-0.15, -0.1) is 0 Å². The summed E-state index contributed by atoms with van der Waals surface area (Å²) in [5, 5.41) is 3.14. The molecule has 17 heavy (non-hydrogen) atoms. The molecule has 3 N–H and O–H groups in total. The monoisotopic (exact) mass is 240 g/mol. The molecule has 1 aliphatic rings. The van der Waals surface area contributed by atoms with Crippen molar-refractivity contribution in [1.82, 2.24) is 5.32 Å². The predicted octanol–water partition coefficient (Wildman–Crippen LogP) is 2.30. The lowest BCUT2D eigenvalue weighted by Crippen LogP contribution is -2.47. The number of rotatable bonds is 7. The second-order valence-electron chi connectivity index (χ2n) is 5.89. The Kier molecular flexibility index (Phi) is 4.59. The highest BCUT2D eigenvalue weighted by Crippen LogP contribution is 2.51. The van der Waals surface area contributed by atoms with Gasteiger partial charge in [0.25, 0.3) is 0 Å². The predicted molar refractivity (Wildman–Crippen MR) is 71.6 cm³/mol. The summed E-state index contributed by atoms with van der Waals surface area (Å²) in [6, 6.07) is 0. The van der Waals surface area contributed by atoms with Crippen molar-refractivity contribution in [3.63, 3.8) is 0 Å². The van der Waals surface area contributed by atoms with E-state index < -0.39 is 0 Å². The van der Waals surface area contributed by atoms with Crippen LogP contribution in [0.2, 0.25) is 0 Å². The molecule has 0 saturated heterocycles. The van der Waals surface area contributed by atoms with Crippen molar-refractivity contribution in [1.29, 1.82) is 0 Å². The average molecular weight is 240 g/mol. The van der Waals surface area contributed by atoms with E-state index in [4.69, 9.17) is 5.73 Å². The maximum absolute atomic E-state index is 12.3. The molecule has 0 aromatic heterocycles. The van der Waals surface area contributed by atoms with Gasteiger partial charge in [0.1, 0.15) is 0 Å². The van der Waals surface area contributed by atoms with E-state index in [0.29, 0.717) is 17.9 Å². The Bertz CT molecular complexity index is 257. The molecule has 100 valence electrons. The summed E-state index contributed by atoms with van der Waals surface area (Å²) in [5.74, 6) is 0.801. The molecule has 0 aromatic carbocycles. The first-order valence-electron chi connectivity index (χ1n) is 6.94. The Morgan fingerprint density at radius 1 is 1.35 bits per heavy atom. The summed E-state index contributed by atoms with van der Waals surface area (Å²) in [4.78, 5) is 12.3. The molecule has 0 spiro atoms. The van der Waals surface area contributed by atoms with Crippen LogP contribution >= 0.6 is 0 Å². The lowest BCUT2D eigenvalue weighted by atomic mass is 9.81. The summed E-state index contributed by atoms with van der Waals surface area (Å²) in [6.45, 7) is 9.85. The van der Waals surface area contributed by atoms with Crippen molar-refractivity contribution < 1.29 is 4.79 Å². The third-order valence-electron chi connectivity index (χ3n) is 4.94. The highest BCUT2D eigenvalue weighted by atomic mass is 16.2. The molecule has 1 aliphatic carbocycles. The summed E-state index contributed by atoms with van der Waals surface area (Å²) in [5.41, 5.74) is 5.80. The first kappa shape index (κ1) is 14.5. The van der Waals surface area contributed by atoms with Gasteiger partial charge in [-0.2, -0.15) is 0 Å². The quantitative estimate of drug-likeness (QED) is 0.717. The van der Waals surface area contributed by atoms with Crippen LogP contribution in [0.5, 0.6) is 0 Å². The topological polar surface area (TPSA) is 55.1 Å². The molecule has 0 heterocycles. The van der Waals surface area contributed by atoms with Gasteiger partial charge in [-0.3, -0.25) is 4.79 Å². The molecule has 3 heteroatoms. The number of hydrogen-bond donors (Lipinski definition) is 2. The van der Waals surface area contributed by atoms with E-state index in [9.17, 15) is 4.79 Å². The SMILES string of the molecule is CCC(CC)(CN)C(=O)NCC1(C(C)C)CC1. The van der Waals surface area contributed by atoms with E-state index >= 15 is 0 Å². The van der Waals surface area contributed by atoms with Crippen LogP contribution in [0.3, 0.4) is 0 Å². The molecule has 0 atom stereocenters. The fourth-order valence-corrected chi connectivity index (χ4v) is 2.52. The summed E-state index contributed by atoms with van der Waals surface area (Å²) < 4.78 is 0. The van der Waals surface area contributed by atoms with Crippen LogP contribution in [-0.2, 0) is 4.79 Å². The first-order chi connectivity index (χ1) is 7.96. The second-order valence-corrected chi connectivity index (χ2v) is 5.89. The maximum atomic E-state index is 12.3. The van der Waals surface area contributed by atoms with Gasteiger partial charge >= 0.3 is 0 Å². The number of nitrogens with two attached hydrogens (primary N) is 1. The van der Waals surface area contributed by atoms with E-state index in [1.54, 1.807) is 0 Å². The van der Waals surface area contributed by atoms with E-state index in [1.807, 2.05) is 13.8 Å². The average Bonchev–Trinajstić information content (AvgIpc) is 3.10. The molecule has 1 fully saturated rings. The lowest BCUT2D eigenvalue weighted by Gasteiger charge is -2.30. The van der Waals surface area contributed by atoms with Crippen LogP contribution in [0.25, 0.3) is 0 Å². The summed E-state index contributed by atoms with van der Waals surface area (Å²) in [6.07, 6.45) is 4.14. The van der Waals surface area contributed by atoms with Crippen molar-refractivity contribution in [3.05, 3.63) is 0 Å². The minimum atomic E-state index is -0.354. The van der Waals surface area contributed by atoms with E-state index in [2.05, 4.69) is 19.2 Å². The Morgan fingerprint density at radius 3 is 2.18 bits per heavy atom. The van der Waals surface area contributed by atoms with Gasteiger partial charge in [0, 0.05) is 13.1 Å². The van der Waals surface area contributed by atoms with Crippen molar-refractivity contribution >= 4 is 5.91 Å². The molecule has 1 rings (SSSR count). The number of hydrogen-bond acceptors (Lipinski definition) is 2. The molecular weight excluding hydrogens is 212 g/mol. The van der Waals surface area contributed by atoms with Crippen LogP contribution in [-0.4, -0.2) is 19.0 Å². The minimum Gasteiger partial charge on any atom is -0.355 e. The summed E-state index contributed by atoms with van der Waals surface area (Å²) >= 11 is 0. The van der Waals surface area contributed by atoms with Crippen LogP contribution in [0.1, 0.15) is 53.4 Å². The second kappa shape index (κ2) is 5.38. The Morgan fingerprint density at radius 2 is 1.88 bits per heavy atom. The van der Waals surface area contributed by atoms with Crippen LogP contribution in [0, 0.1) is 16.7 Å². The van der Waals surface area contributed by atoms with Gasteiger partial charge in [-0.05, 0) is 37.0 Å². The summed E-state index contributed by atoms with van der Waals surface area (Å²) in [7, 11) is 0. The van der Waals surface area contributed by atoms with Gasteiger partial charge in [0.15, 0.2) is 0 Å². The number of carbonyl (C=O) groups excluding carboxylic acids is 1. The zero-order valence-corrected chi connectivity index (χ0v) is 11.8. The molecular formula is C14H28N2O. The van der Waals surface area contributed by atoms with Crippen molar-refractivity contribution in [3.8, 4) is 0 Å². The molecule has 0 aliphatic heterocycles. The van der Waals surface area contributed by atoms with E-state index in [-0.39, 0.29) is 11.3 Å². The fraction of sp³-hybridized carbons (Fsp3) is 0.929. The Hall–Kier alpha value is -0.570. The van der Waals surface area contributed by atoms with Crippen LogP contribution < -0.4 is 11.1 Å². The van der Waals surface area contributed by atoms with Gasteiger partial charge in [-0.25, -0.2) is 0 Å². The largest absolute Gasteiger partial charge is 0.355 e. The van der Waals surface area contributed by atoms with Gasteiger partial charge < -0.3 is 11.1 Å². The third-order valence-corrected chi connectivity index (χ3v) is 4.94. The number of amides is 1. The lowest BCUT2D eigenvalue weighted by molar-refractivity contribution is -0.131. The Labute approximate surface area is 106 Å². The molecule has 0 bridgehead atoms. The first-order valence-corrected chi connectivity index (χ1v) is 6.94. The normalized spacial score (nSPS) is 18.2. The zero-order chi connectivity index (χ0) is 13.1. The highest BCUT2D eigenvalue weighted by Gasteiger charge is 2.46. The van der Waals surface area contributed by atoms with Gasteiger partial charge in [-0.1, -0.05) is 27.7 Å². The van der Waals surface area contributed by atoms with Crippen LogP contribution in [0.15, 0.2) is 0 Å². The van der Waals surface area contributed by atoms with Gasteiger partial charge in [0.05, 0.1) is 5.41 Å².